The van der Waals surface area contributed by atoms with Crippen LogP contribution in [-0.4, -0.2) is 16.8 Å². The topological polar surface area (TPSA) is 33.1 Å². The predicted molar refractivity (Wildman–Crippen MR) is 39.9 cm³/mol. The first-order chi connectivity index (χ1) is 5.25. The van der Waals surface area contributed by atoms with Gasteiger partial charge in [-0.15, -0.1) is 0 Å². The number of aryl methyl sites for hydroxylation is 1. The molecule has 0 saturated carbocycles. The number of pyridine rings is 1. The lowest BCUT2D eigenvalue weighted by Gasteiger charge is -2.07. The van der Waals surface area contributed by atoms with E-state index >= 15 is 0 Å². The molecule has 0 saturated heterocycles. The van der Waals surface area contributed by atoms with E-state index in [4.69, 9.17) is 5.11 Å². The summed E-state index contributed by atoms with van der Waals surface area (Å²) in [7, 11) is 0. The maximum atomic E-state index is 12.0. The van der Waals surface area contributed by atoms with Crippen LogP contribution in [0.15, 0.2) is 18.3 Å². The van der Waals surface area contributed by atoms with Crippen LogP contribution in [0.3, 0.4) is 0 Å². The molecule has 1 N–H and O–H groups in total. The highest BCUT2D eigenvalue weighted by Crippen LogP contribution is 2.14. The Bertz CT molecular complexity index is 239. The van der Waals surface area contributed by atoms with Gasteiger partial charge in [-0.3, -0.25) is 4.98 Å². The van der Waals surface area contributed by atoms with Crippen molar-refractivity contribution in [1.29, 1.82) is 0 Å². The van der Waals surface area contributed by atoms with E-state index in [-0.39, 0.29) is 0 Å². The van der Waals surface area contributed by atoms with E-state index in [2.05, 4.69) is 4.98 Å². The number of aromatic nitrogens is 1. The number of alkyl halides is 1. The largest absolute Gasteiger partial charge is 0.386 e. The standard InChI is InChI=1S/C8H10FNO/c1-6-7(8(11)5-9)3-2-4-10-6/h2-4,8,11H,5H2,1H3. The summed E-state index contributed by atoms with van der Waals surface area (Å²) >= 11 is 0. The number of aliphatic hydroxyl groups excluding tert-OH is 1. The summed E-state index contributed by atoms with van der Waals surface area (Å²) in [6.07, 6.45) is 0.591. The second kappa shape index (κ2) is 3.44. The highest BCUT2D eigenvalue weighted by molar-refractivity contribution is 5.20. The molecule has 1 atom stereocenters. The molecule has 1 heterocycles. The number of aliphatic hydroxyl groups is 1. The lowest BCUT2D eigenvalue weighted by Crippen LogP contribution is -2.02. The zero-order chi connectivity index (χ0) is 8.27. The molecule has 2 nitrogen and oxygen atoms in total. The van der Waals surface area contributed by atoms with Crippen LogP contribution in [0.2, 0.25) is 0 Å². The third-order valence-corrected chi connectivity index (χ3v) is 1.55. The summed E-state index contributed by atoms with van der Waals surface area (Å²) in [5.74, 6) is 0. The van der Waals surface area contributed by atoms with E-state index in [1.165, 1.54) is 0 Å². The molecule has 0 amide bonds. The van der Waals surface area contributed by atoms with Gasteiger partial charge < -0.3 is 5.11 Å². The van der Waals surface area contributed by atoms with Crippen molar-refractivity contribution >= 4 is 0 Å². The number of halogens is 1. The molecular formula is C8H10FNO. The van der Waals surface area contributed by atoms with Crippen molar-refractivity contribution in [1.82, 2.24) is 4.98 Å². The molecule has 1 rings (SSSR count). The molecule has 0 fully saturated rings. The average Bonchev–Trinajstić information content (AvgIpc) is 2.04. The number of hydrogen-bond donors (Lipinski definition) is 1. The van der Waals surface area contributed by atoms with Gasteiger partial charge in [-0.25, -0.2) is 4.39 Å². The molecule has 1 aromatic heterocycles. The molecule has 11 heavy (non-hydrogen) atoms. The van der Waals surface area contributed by atoms with Crippen molar-refractivity contribution < 1.29 is 9.50 Å². The second-order valence-electron chi connectivity index (χ2n) is 2.35. The van der Waals surface area contributed by atoms with Crippen molar-refractivity contribution in [3.63, 3.8) is 0 Å². The fourth-order valence-electron chi connectivity index (χ4n) is 0.932. The summed E-state index contributed by atoms with van der Waals surface area (Å²) in [5, 5.41) is 9.10. The van der Waals surface area contributed by atoms with Crippen molar-refractivity contribution in [3.8, 4) is 0 Å². The van der Waals surface area contributed by atoms with Gasteiger partial charge in [0.05, 0.1) is 0 Å². The smallest absolute Gasteiger partial charge is 0.120 e. The van der Waals surface area contributed by atoms with Crippen LogP contribution in [-0.2, 0) is 0 Å². The molecule has 1 aromatic rings. The van der Waals surface area contributed by atoms with Crippen LogP contribution >= 0.6 is 0 Å². The van der Waals surface area contributed by atoms with Crippen LogP contribution in [0, 0.1) is 6.92 Å². The molecular weight excluding hydrogens is 145 g/mol. The van der Waals surface area contributed by atoms with Crippen molar-refractivity contribution in [2.75, 3.05) is 6.67 Å². The zero-order valence-corrected chi connectivity index (χ0v) is 6.29. The zero-order valence-electron chi connectivity index (χ0n) is 6.29. The minimum atomic E-state index is -1.02. The number of hydrogen-bond acceptors (Lipinski definition) is 2. The highest BCUT2D eigenvalue weighted by atomic mass is 19.1. The van der Waals surface area contributed by atoms with Crippen molar-refractivity contribution in [3.05, 3.63) is 29.6 Å². The lowest BCUT2D eigenvalue weighted by molar-refractivity contribution is 0.140. The summed E-state index contributed by atoms with van der Waals surface area (Å²) < 4.78 is 12.0. The van der Waals surface area contributed by atoms with Gasteiger partial charge in [-0.2, -0.15) is 0 Å². The monoisotopic (exact) mass is 155 g/mol. The van der Waals surface area contributed by atoms with Crippen molar-refractivity contribution in [2.24, 2.45) is 0 Å². The maximum absolute atomic E-state index is 12.0. The van der Waals surface area contributed by atoms with Gasteiger partial charge in [-0.1, -0.05) is 6.07 Å². The second-order valence-corrected chi connectivity index (χ2v) is 2.35. The minimum Gasteiger partial charge on any atom is -0.386 e. The van der Waals surface area contributed by atoms with Crippen molar-refractivity contribution in [2.45, 2.75) is 13.0 Å². The van der Waals surface area contributed by atoms with Gasteiger partial charge in [0.1, 0.15) is 12.8 Å². The van der Waals surface area contributed by atoms with Crippen LogP contribution in [0.25, 0.3) is 0 Å². The van der Waals surface area contributed by atoms with E-state index < -0.39 is 12.8 Å². The molecule has 0 aliphatic rings. The Morgan fingerprint density at radius 3 is 3.00 bits per heavy atom. The van der Waals surface area contributed by atoms with Gasteiger partial charge in [-0.05, 0) is 13.0 Å². The van der Waals surface area contributed by atoms with E-state index in [0.29, 0.717) is 11.3 Å². The van der Waals surface area contributed by atoms with Gasteiger partial charge in [0, 0.05) is 17.5 Å². The van der Waals surface area contributed by atoms with Gasteiger partial charge in [0.2, 0.25) is 0 Å². The van der Waals surface area contributed by atoms with Crippen LogP contribution in [0.5, 0.6) is 0 Å². The Hall–Kier alpha value is -0.960. The molecule has 0 aromatic carbocycles. The predicted octanol–water partition coefficient (Wildman–Crippen LogP) is 1.39. The van der Waals surface area contributed by atoms with Gasteiger partial charge >= 0.3 is 0 Å². The first-order valence-corrected chi connectivity index (χ1v) is 3.41. The highest BCUT2D eigenvalue weighted by Gasteiger charge is 2.08. The molecule has 0 bridgehead atoms. The molecule has 1 unspecified atom stereocenters. The lowest BCUT2D eigenvalue weighted by atomic mass is 10.1. The quantitative estimate of drug-likeness (QED) is 0.700. The average molecular weight is 155 g/mol. The number of nitrogens with zero attached hydrogens (tertiary/aromatic N) is 1. The van der Waals surface area contributed by atoms with Crippen LogP contribution < -0.4 is 0 Å². The summed E-state index contributed by atoms with van der Waals surface area (Å²) in [6.45, 7) is 0.987. The molecule has 60 valence electrons. The van der Waals surface area contributed by atoms with Crippen LogP contribution in [0.1, 0.15) is 17.4 Å². The first kappa shape index (κ1) is 8.14. The first-order valence-electron chi connectivity index (χ1n) is 3.41. The summed E-state index contributed by atoms with van der Waals surface area (Å²) in [6, 6.07) is 3.35. The number of rotatable bonds is 2. The van der Waals surface area contributed by atoms with E-state index in [0.717, 1.165) is 0 Å². The van der Waals surface area contributed by atoms with E-state index in [1.807, 2.05) is 0 Å². The molecule has 0 aliphatic heterocycles. The normalized spacial score (nSPS) is 13.0. The Balaban J connectivity index is 2.93. The molecule has 0 aliphatic carbocycles. The van der Waals surface area contributed by atoms with E-state index in [9.17, 15) is 4.39 Å². The minimum absolute atomic E-state index is 0.565. The maximum Gasteiger partial charge on any atom is 0.120 e. The summed E-state index contributed by atoms with van der Waals surface area (Å²) in [4.78, 5) is 3.92. The third-order valence-electron chi connectivity index (χ3n) is 1.55. The Morgan fingerprint density at radius 2 is 2.45 bits per heavy atom. The fraction of sp³-hybridized carbons (Fsp3) is 0.375. The fourth-order valence-corrected chi connectivity index (χ4v) is 0.932. The van der Waals surface area contributed by atoms with Gasteiger partial charge in [0.25, 0.3) is 0 Å². The molecule has 0 radical (unpaired) electrons. The molecule has 3 heteroatoms. The Morgan fingerprint density at radius 1 is 1.73 bits per heavy atom. The third kappa shape index (κ3) is 1.74. The summed E-state index contributed by atoms with van der Waals surface area (Å²) in [5.41, 5.74) is 1.24. The Kier molecular flexibility index (Phi) is 2.54. The SMILES string of the molecule is Cc1ncccc1C(O)CF. The Labute approximate surface area is 64.7 Å². The van der Waals surface area contributed by atoms with Gasteiger partial charge in [0.15, 0.2) is 0 Å². The van der Waals surface area contributed by atoms with E-state index in [1.54, 1.807) is 25.3 Å². The molecule has 0 spiro atoms. The van der Waals surface area contributed by atoms with Crippen LogP contribution in [0.4, 0.5) is 4.39 Å².